The molecule has 0 aromatic carbocycles. The van der Waals surface area contributed by atoms with Crippen LogP contribution in [0.4, 0.5) is 5.82 Å². The van der Waals surface area contributed by atoms with Crippen molar-refractivity contribution < 1.29 is 5.11 Å². The second-order valence-electron chi connectivity index (χ2n) is 5.27. The van der Waals surface area contributed by atoms with Crippen LogP contribution in [0.2, 0.25) is 0 Å². The first-order valence-corrected chi connectivity index (χ1v) is 5.55. The Labute approximate surface area is 102 Å². The number of aryl methyl sites for hydroxylation is 1. The van der Waals surface area contributed by atoms with Gasteiger partial charge in [-0.2, -0.15) is 5.26 Å². The molecule has 2 N–H and O–H groups in total. The smallest absolute Gasteiger partial charge is 0.144 e. The highest BCUT2D eigenvalue weighted by molar-refractivity contribution is 5.56. The summed E-state index contributed by atoms with van der Waals surface area (Å²) in [6.45, 7) is 9.06. The molecule has 0 atom stereocenters. The molecule has 0 bridgehead atoms. The third-order valence-corrected chi connectivity index (χ3v) is 3.23. The van der Waals surface area contributed by atoms with E-state index in [1.807, 2.05) is 20.8 Å². The lowest BCUT2D eigenvalue weighted by Gasteiger charge is -2.38. The molecule has 0 spiro atoms. The molecule has 1 aromatic rings. The number of aromatic nitrogens is 1. The Hall–Kier alpha value is -1.60. The summed E-state index contributed by atoms with van der Waals surface area (Å²) in [6.07, 6.45) is 1.65. The molecule has 0 amide bonds. The first kappa shape index (κ1) is 13.5. The van der Waals surface area contributed by atoms with Gasteiger partial charge in [0.25, 0.3) is 0 Å². The van der Waals surface area contributed by atoms with Crippen LogP contribution in [0.3, 0.4) is 0 Å². The largest absolute Gasteiger partial charge is 0.388 e. The van der Waals surface area contributed by atoms with E-state index in [1.54, 1.807) is 26.1 Å². The van der Waals surface area contributed by atoms with E-state index in [9.17, 15) is 5.11 Å². The summed E-state index contributed by atoms with van der Waals surface area (Å²) in [6, 6.07) is 3.92. The van der Waals surface area contributed by atoms with Gasteiger partial charge in [0.15, 0.2) is 0 Å². The van der Waals surface area contributed by atoms with Gasteiger partial charge in [-0.15, -0.1) is 0 Å². The molecule has 0 aliphatic heterocycles. The van der Waals surface area contributed by atoms with Crippen LogP contribution in [0.15, 0.2) is 12.3 Å². The minimum atomic E-state index is -0.925. The maximum Gasteiger partial charge on any atom is 0.144 e. The zero-order valence-electron chi connectivity index (χ0n) is 11.0. The molecule has 0 saturated carbocycles. The lowest BCUT2D eigenvalue weighted by molar-refractivity contribution is 0.0238. The standard InChI is InChI=1S/C13H19N3O/c1-9-6-7-15-11(10(9)8-14)16-12(2,3)13(4,5)17/h6-7,17H,1-5H3,(H,15,16). The summed E-state index contributed by atoms with van der Waals surface area (Å²) >= 11 is 0. The summed E-state index contributed by atoms with van der Waals surface area (Å²) in [4.78, 5) is 4.16. The Balaban J connectivity index is 3.14. The van der Waals surface area contributed by atoms with Crippen molar-refractivity contribution in [3.8, 4) is 6.07 Å². The van der Waals surface area contributed by atoms with E-state index < -0.39 is 11.1 Å². The Bertz CT molecular complexity index is 453. The van der Waals surface area contributed by atoms with Crippen LogP contribution in [-0.2, 0) is 0 Å². The van der Waals surface area contributed by atoms with Gasteiger partial charge < -0.3 is 10.4 Å². The fourth-order valence-electron chi connectivity index (χ4n) is 1.24. The van der Waals surface area contributed by atoms with Crippen molar-refractivity contribution in [1.82, 2.24) is 4.98 Å². The fraction of sp³-hybridized carbons (Fsp3) is 0.538. The average Bonchev–Trinajstić information content (AvgIpc) is 2.15. The third-order valence-electron chi connectivity index (χ3n) is 3.23. The van der Waals surface area contributed by atoms with Crippen LogP contribution < -0.4 is 5.32 Å². The summed E-state index contributed by atoms with van der Waals surface area (Å²) < 4.78 is 0. The Morgan fingerprint density at radius 3 is 2.41 bits per heavy atom. The van der Waals surface area contributed by atoms with Gasteiger partial charge in [-0.1, -0.05) is 0 Å². The van der Waals surface area contributed by atoms with Crippen molar-refractivity contribution in [3.63, 3.8) is 0 Å². The molecule has 1 heterocycles. The highest BCUT2D eigenvalue weighted by Crippen LogP contribution is 2.27. The molecule has 17 heavy (non-hydrogen) atoms. The normalized spacial score (nSPS) is 12.1. The maximum atomic E-state index is 10.1. The van der Waals surface area contributed by atoms with E-state index in [4.69, 9.17) is 5.26 Å². The van der Waals surface area contributed by atoms with Gasteiger partial charge in [0.1, 0.15) is 11.9 Å². The fourth-order valence-corrected chi connectivity index (χ4v) is 1.24. The molecule has 0 aliphatic rings. The van der Waals surface area contributed by atoms with E-state index in [-0.39, 0.29) is 0 Å². The second-order valence-corrected chi connectivity index (χ2v) is 5.27. The van der Waals surface area contributed by atoms with Crippen molar-refractivity contribution in [2.75, 3.05) is 5.32 Å². The first-order chi connectivity index (χ1) is 7.69. The number of hydrogen-bond donors (Lipinski definition) is 2. The van der Waals surface area contributed by atoms with Crippen LogP contribution >= 0.6 is 0 Å². The quantitative estimate of drug-likeness (QED) is 0.840. The maximum absolute atomic E-state index is 10.1. The van der Waals surface area contributed by atoms with Crippen LogP contribution in [-0.4, -0.2) is 21.2 Å². The van der Waals surface area contributed by atoms with E-state index in [0.29, 0.717) is 11.4 Å². The Morgan fingerprint density at radius 1 is 1.35 bits per heavy atom. The van der Waals surface area contributed by atoms with Gasteiger partial charge in [-0.05, 0) is 46.2 Å². The minimum Gasteiger partial charge on any atom is -0.388 e. The monoisotopic (exact) mass is 233 g/mol. The predicted octanol–water partition coefficient (Wildman–Crippen LogP) is 2.22. The molecule has 0 radical (unpaired) electrons. The molecular formula is C13H19N3O. The van der Waals surface area contributed by atoms with Crippen molar-refractivity contribution in [2.45, 2.75) is 45.8 Å². The van der Waals surface area contributed by atoms with E-state index >= 15 is 0 Å². The summed E-state index contributed by atoms with van der Waals surface area (Å²) in [5.74, 6) is 0.514. The van der Waals surface area contributed by atoms with E-state index in [2.05, 4.69) is 16.4 Å². The number of pyridine rings is 1. The van der Waals surface area contributed by atoms with Crippen molar-refractivity contribution in [2.24, 2.45) is 0 Å². The number of nitrogens with one attached hydrogen (secondary N) is 1. The van der Waals surface area contributed by atoms with Crippen molar-refractivity contribution in [3.05, 3.63) is 23.4 Å². The lowest BCUT2D eigenvalue weighted by Crippen LogP contribution is -2.51. The number of rotatable bonds is 3. The third kappa shape index (κ3) is 2.75. The summed E-state index contributed by atoms with van der Waals surface area (Å²) in [5, 5.41) is 22.3. The van der Waals surface area contributed by atoms with E-state index in [0.717, 1.165) is 5.56 Å². The minimum absolute atomic E-state index is 0.514. The zero-order chi connectivity index (χ0) is 13.3. The van der Waals surface area contributed by atoms with Gasteiger partial charge in [0, 0.05) is 6.20 Å². The molecule has 1 aromatic heterocycles. The molecule has 0 saturated heterocycles. The van der Waals surface area contributed by atoms with Gasteiger partial charge in [0.2, 0.25) is 0 Å². The number of hydrogen-bond acceptors (Lipinski definition) is 4. The number of aliphatic hydroxyl groups is 1. The van der Waals surface area contributed by atoms with Crippen LogP contribution in [0.1, 0.15) is 38.8 Å². The predicted molar refractivity (Wildman–Crippen MR) is 67.7 cm³/mol. The molecule has 4 heteroatoms. The molecule has 92 valence electrons. The van der Waals surface area contributed by atoms with Gasteiger partial charge in [0.05, 0.1) is 16.7 Å². The zero-order valence-corrected chi connectivity index (χ0v) is 11.0. The first-order valence-electron chi connectivity index (χ1n) is 5.55. The highest BCUT2D eigenvalue weighted by Gasteiger charge is 2.35. The van der Waals surface area contributed by atoms with Gasteiger partial charge in [-0.25, -0.2) is 4.98 Å². The number of nitriles is 1. The molecule has 4 nitrogen and oxygen atoms in total. The van der Waals surface area contributed by atoms with Crippen molar-refractivity contribution >= 4 is 5.82 Å². The number of anilines is 1. The Morgan fingerprint density at radius 2 is 1.94 bits per heavy atom. The number of nitrogens with zero attached hydrogens (tertiary/aromatic N) is 2. The highest BCUT2D eigenvalue weighted by atomic mass is 16.3. The lowest BCUT2D eigenvalue weighted by atomic mass is 9.86. The van der Waals surface area contributed by atoms with Crippen LogP contribution in [0.25, 0.3) is 0 Å². The second kappa shape index (κ2) is 4.34. The SMILES string of the molecule is Cc1ccnc(NC(C)(C)C(C)(C)O)c1C#N. The van der Waals surface area contributed by atoms with E-state index in [1.165, 1.54) is 0 Å². The molecule has 1 rings (SSSR count). The summed E-state index contributed by atoms with van der Waals surface area (Å²) in [5.41, 5.74) is -0.119. The van der Waals surface area contributed by atoms with Gasteiger partial charge >= 0.3 is 0 Å². The summed E-state index contributed by atoms with van der Waals surface area (Å²) in [7, 11) is 0. The molecule has 0 aliphatic carbocycles. The topological polar surface area (TPSA) is 68.9 Å². The molecular weight excluding hydrogens is 214 g/mol. The molecule has 0 unspecified atom stereocenters. The van der Waals surface area contributed by atoms with Gasteiger partial charge in [-0.3, -0.25) is 0 Å². The Kier molecular flexibility index (Phi) is 3.44. The van der Waals surface area contributed by atoms with Crippen LogP contribution in [0.5, 0.6) is 0 Å². The molecule has 0 fully saturated rings. The van der Waals surface area contributed by atoms with Crippen molar-refractivity contribution in [1.29, 1.82) is 5.26 Å². The average molecular weight is 233 g/mol. The van der Waals surface area contributed by atoms with Crippen LogP contribution in [0, 0.1) is 18.3 Å².